The molecule has 1 aromatic heterocycles. The molecule has 2 heterocycles. The van der Waals surface area contributed by atoms with Gasteiger partial charge in [0.05, 0.1) is 4.90 Å². The molecule has 1 saturated heterocycles. The summed E-state index contributed by atoms with van der Waals surface area (Å²) in [7, 11) is -3.41. The summed E-state index contributed by atoms with van der Waals surface area (Å²) in [5.41, 5.74) is 1.18. The first kappa shape index (κ1) is 19.5. The standard InChI is InChI=1S/C20H28N2O2S2/c1-2-4-17-6-8-19(9-7-17)26(23,24)21-12-15-22-13-10-18(11-14-22)20-5-3-16-25-20/h3,5-9,16,18,21H,2,4,10-15H2,1H3. The van der Waals surface area contributed by atoms with Gasteiger partial charge >= 0.3 is 0 Å². The molecule has 0 unspecified atom stereocenters. The number of nitrogens with one attached hydrogen (secondary N) is 1. The molecule has 3 rings (SSSR count). The van der Waals surface area contributed by atoms with E-state index in [1.807, 2.05) is 23.5 Å². The highest BCUT2D eigenvalue weighted by Gasteiger charge is 2.21. The highest BCUT2D eigenvalue weighted by Crippen LogP contribution is 2.30. The molecule has 0 atom stereocenters. The van der Waals surface area contributed by atoms with Crippen molar-refractivity contribution in [2.24, 2.45) is 0 Å². The molecule has 0 saturated carbocycles. The van der Waals surface area contributed by atoms with Gasteiger partial charge < -0.3 is 4.90 Å². The van der Waals surface area contributed by atoms with Crippen molar-refractivity contribution in [3.05, 3.63) is 52.2 Å². The van der Waals surface area contributed by atoms with E-state index in [1.54, 1.807) is 12.1 Å². The Morgan fingerprint density at radius 3 is 2.50 bits per heavy atom. The lowest BCUT2D eigenvalue weighted by Crippen LogP contribution is -2.39. The molecular weight excluding hydrogens is 364 g/mol. The Morgan fingerprint density at radius 1 is 1.15 bits per heavy atom. The van der Waals surface area contributed by atoms with Gasteiger partial charge in [-0.05, 0) is 67.4 Å². The van der Waals surface area contributed by atoms with E-state index in [2.05, 4.69) is 34.1 Å². The zero-order valence-electron chi connectivity index (χ0n) is 15.4. The lowest BCUT2D eigenvalue weighted by Gasteiger charge is -2.31. The number of nitrogens with zero attached hydrogens (tertiary/aromatic N) is 1. The zero-order chi connectivity index (χ0) is 18.4. The van der Waals surface area contributed by atoms with Gasteiger partial charge in [-0.1, -0.05) is 31.5 Å². The number of sulfonamides is 1. The minimum Gasteiger partial charge on any atom is -0.302 e. The molecule has 1 aliphatic rings. The SMILES string of the molecule is CCCc1ccc(S(=O)(=O)NCCN2CCC(c3cccs3)CC2)cc1. The smallest absolute Gasteiger partial charge is 0.240 e. The summed E-state index contributed by atoms with van der Waals surface area (Å²) in [4.78, 5) is 4.20. The molecule has 0 amide bonds. The average molecular weight is 393 g/mol. The summed E-state index contributed by atoms with van der Waals surface area (Å²) in [6.45, 7) is 5.43. The van der Waals surface area contributed by atoms with Crippen molar-refractivity contribution < 1.29 is 8.42 Å². The normalized spacial score (nSPS) is 16.8. The van der Waals surface area contributed by atoms with Gasteiger partial charge in [0.15, 0.2) is 0 Å². The minimum absolute atomic E-state index is 0.355. The lowest BCUT2D eigenvalue weighted by molar-refractivity contribution is 0.217. The molecule has 6 heteroatoms. The van der Waals surface area contributed by atoms with Gasteiger partial charge in [-0.15, -0.1) is 11.3 Å². The van der Waals surface area contributed by atoms with Crippen molar-refractivity contribution in [3.63, 3.8) is 0 Å². The second-order valence-electron chi connectivity index (χ2n) is 6.92. The molecule has 26 heavy (non-hydrogen) atoms. The van der Waals surface area contributed by atoms with E-state index in [1.165, 1.54) is 10.4 Å². The number of hydrogen-bond acceptors (Lipinski definition) is 4. The quantitative estimate of drug-likeness (QED) is 0.742. The molecule has 2 aromatic rings. The zero-order valence-corrected chi connectivity index (χ0v) is 17.0. The molecule has 0 spiro atoms. The van der Waals surface area contributed by atoms with Gasteiger partial charge in [0.2, 0.25) is 10.0 Å². The fourth-order valence-corrected chi connectivity index (χ4v) is 5.43. The summed E-state index contributed by atoms with van der Waals surface area (Å²) < 4.78 is 27.6. The van der Waals surface area contributed by atoms with Gasteiger partial charge in [0.25, 0.3) is 0 Å². The molecule has 1 N–H and O–H groups in total. The third-order valence-electron chi connectivity index (χ3n) is 5.03. The topological polar surface area (TPSA) is 49.4 Å². The molecule has 142 valence electrons. The third kappa shape index (κ3) is 5.16. The van der Waals surface area contributed by atoms with Crippen LogP contribution in [0.4, 0.5) is 0 Å². The first-order valence-electron chi connectivity index (χ1n) is 9.43. The molecule has 1 aromatic carbocycles. The highest BCUT2D eigenvalue weighted by molar-refractivity contribution is 7.89. The van der Waals surface area contributed by atoms with Crippen molar-refractivity contribution >= 4 is 21.4 Å². The van der Waals surface area contributed by atoms with Gasteiger partial charge in [-0.2, -0.15) is 0 Å². The molecule has 4 nitrogen and oxygen atoms in total. The third-order valence-corrected chi connectivity index (χ3v) is 7.54. The number of benzene rings is 1. The van der Waals surface area contributed by atoms with Crippen LogP contribution in [0.25, 0.3) is 0 Å². The van der Waals surface area contributed by atoms with Gasteiger partial charge in [0.1, 0.15) is 0 Å². The van der Waals surface area contributed by atoms with Crippen LogP contribution in [0.15, 0.2) is 46.7 Å². The molecule has 0 bridgehead atoms. The van der Waals surface area contributed by atoms with Gasteiger partial charge in [-0.3, -0.25) is 0 Å². The van der Waals surface area contributed by atoms with Crippen LogP contribution in [0.1, 0.15) is 42.5 Å². The first-order valence-corrected chi connectivity index (χ1v) is 11.8. The second kappa shape index (κ2) is 9.13. The lowest BCUT2D eigenvalue weighted by atomic mass is 9.95. The van der Waals surface area contributed by atoms with Crippen molar-refractivity contribution in [3.8, 4) is 0 Å². The highest BCUT2D eigenvalue weighted by atomic mass is 32.2. The molecule has 1 aliphatic heterocycles. The molecule has 0 radical (unpaired) electrons. The summed E-state index contributed by atoms with van der Waals surface area (Å²) >= 11 is 1.84. The van der Waals surface area contributed by atoms with Crippen molar-refractivity contribution in [2.45, 2.75) is 43.4 Å². The number of piperidine rings is 1. The Balaban J connectivity index is 1.44. The van der Waals surface area contributed by atoms with Gasteiger partial charge in [0, 0.05) is 18.0 Å². The maximum atomic E-state index is 12.4. The van der Waals surface area contributed by atoms with E-state index in [0.717, 1.165) is 45.3 Å². The van der Waals surface area contributed by atoms with Crippen molar-refractivity contribution in [1.29, 1.82) is 0 Å². The first-order chi connectivity index (χ1) is 12.6. The van der Waals surface area contributed by atoms with Crippen LogP contribution in [0.2, 0.25) is 0 Å². The van der Waals surface area contributed by atoms with Crippen LogP contribution in [0.5, 0.6) is 0 Å². The number of aryl methyl sites for hydroxylation is 1. The van der Waals surface area contributed by atoms with Gasteiger partial charge in [-0.25, -0.2) is 13.1 Å². The minimum atomic E-state index is -3.41. The summed E-state index contributed by atoms with van der Waals surface area (Å²) in [6.07, 6.45) is 4.36. The van der Waals surface area contributed by atoms with Crippen molar-refractivity contribution in [1.82, 2.24) is 9.62 Å². The van der Waals surface area contributed by atoms with E-state index in [4.69, 9.17) is 0 Å². The predicted octanol–water partition coefficient (Wildman–Crippen LogP) is 3.86. The van der Waals surface area contributed by atoms with Crippen LogP contribution in [-0.4, -0.2) is 39.5 Å². The number of hydrogen-bond donors (Lipinski definition) is 1. The van der Waals surface area contributed by atoms with Crippen LogP contribution >= 0.6 is 11.3 Å². The van der Waals surface area contributed by atoms with Crippen LogP contribution in [0, 0.1) is 0 Å². The summed E-state index contributed by atoms with van der Waals surface area (Å²) in [5, 5.41) is 2.14. The monoisotopic (exact) mass is 392 g/mol. The fourth-order valence-electron chi connectivity index (χ4n) is 3.51. The van der Waals surface area contributed by atoms with E-state index < -0.39 is 10.0 Å². The largest absolute Gasteiger partial charge is 0.302 e. The van der Waals surface area contributed by atoms with Crippen molar-refractivity contribution in [2.75, 3.05) is 26.2 Å². The second-order valence-corrected chi connectivity index (χ2v) is 9.67. The van der Waals surface area contributed by atoms with E-state index in [-0.39, 0.29) is 0 Å². The molecule has 1 fully saturated rings. The Kier molecular flexibility index (Phi) is 6.86. The molecular formula is C20H28N2O2S2. The Labute approximate surface area is 161 Å². The predicted molar refractivity (Wildman–Crippen MR) is 108 cm³/mol. The number of likely N-dealkylation sites (tertiary alicyclic amines) is 1. The average Bonchev–Trinajstić information content (AvgIpc) is 3.18. The van der Waals surface area contributed by atoms with Crippen LogP contribution < -0.4 is 4.72 Å². The Morgan fingerprint density at radius 2 is 1.88 bits per heavy atom. The van der Waals surface area contributed by atoms with E-state index >= 15 is 0 Å². The van der Waals surface area contributed by atoms with Crippen LogP contribution in [-0.2, 0) is 16.4 Å². The maximum Gasteiger partial charge on any atom is 0.240 e. The van der Waals surface area contributed by atoms with Crippen LogP contribution in [0.3, 0.4) is 0 Å². The summed E-state index contributed by atoms with van der Waals surface area (Å²) in [6, 6.07) is 11.6. The Bertz CT molecular complexity index is 763. The molecule has 0 aliphatic carbocycles. The van der Waals surface area contributed by atoms with E-state index in [9.17, 15) is 8.42 Å². The summed E-state index contributed by atoms with van der Waals surface area (Å²) in [5.74, 6) is 0.671. The Hall–Kier alpha value is -1.21. The number of thiophene rings is 1. The fraction of sp³-hybridized carbons (Fsp3) is 0.500. The number of rotatable bonds is 8. The maximum absolute atomic E-state index is 12.4. The van der Waals surface area contributed by atoms with E-state index in [0.29, 0.717) is 17.4 Å².